The van der Waals surface area contributed by atoms with Crippen LogP contribution in [0.5, 0.6) is 11.5 Å². The van der Waals surface area contributed by atoms with Crippen LogP contribution >= 0.6 is 0 Å². The maximum Gasteiger partial charge on any atom is 0.363 e. The summed E-state index contributed by atoms with van der Waals surface area (Å²) in [4.78, 5) is 16.8. The molecule has 0 N–H and O–H groups in total. The van der Waals surface area contributed by atoms with E-state index in [0.29, 0.717) is 23.3 Å². The van der Waals surface area contributed by atoms with E-state index >= 15 is 0 Å². The van der Waals surface area contributed by atoms with Crippen LogP contribution in [0.2, 0.25) is 0 Å². The first-order chi connectivity index (χ1) is 15.1. The molecule has 2 aliphatic rings. The van der Waals surface area contributed by atoms with Gasteiger partial charge in [0.2, 0.25) is 5.90 Å². The van der Waals surface area contributed by atoms with Crippen molar-refractivity contribution >= 4 is 17.9 Å². The van der Waals surface area contributed by atoms with Crippen molar-refractivity contribution in [3.63, 3.8) is 0 Å². The quantitative estimate of drug-likeness (QED) is 0.443. The second-order valence-corrected chi connectivity index (χ2v) is 8.19. The molecule has 1 aliphatic carbocycles. The van der Waals surface area contributed by atoms with Gasteiger partial charge in [-0.1, -0.05) is 25.5 Å². The molecule has 162 valence electrons. The molecule has 0 bridgehead atoms. The summed E-state index contributed by atoms with van der Waals surface area (Å²) in [6, 6.07) is 13.7. The highest BCUT2D eigenvalue weighted by Gasteiger charge is 2.26. The minimum Gasteiger partial charge on any atom is -0.497 e. The maximum atomic E-state index is 12.4. The number of carbonyl (C=O) groups is 1. The van der Waals surface area contributed by atoms with Gasteiger partial charge < -0.3 is 14.2 Å². The number of carbonyl (C=O) groups excluding carboxylic acids is 1. The van der Waals surface area contributed by atoms with Crippen molar-refractivity contribution in [2.75, 3.05) is 14.2 Å². The summed E-state index contributed by atoms with van der Waals surface area (Å²) < 4.78 is 16.1. The van der Waals surface area contributed by atoms with Crippen molar-refractivity contribution in [1.29, 1.82) is 0 Å². The Morgan fingerprint density at radius 3 is 2.42 bits per heavy atom. The Bertz CT molecular complexity index is 999. The van der Waals surface area contributed by atoms with E-state index in [-0.39, 0.29) is 5.70 Å². The number of hydrogen-bond acceptors (Lipinski definition) is 5. The van der Waals surface area contributed by atoms with Gasteiger partial charge in [0.15, 0.2) is 5.70 Å². The van der Waals surface area contributed by atoms with Gasteiger partial charge in [-0.25, -0.2) is 9.79 Å². The zero-order valence-corrected chi connectivity index (χ0v) is 18.4. The van der Waals surface area contributed by atoms with E-state index in [4.69, 9.17) is 14.2 Å². The van der Waals surface area contributed by atoms with Crippen molar-refractivity contribution in [2.45, 2.75) is 44.9 Å². The van der Waals surface area contributed by atoms with Gasteiger partial charge in [-0.3, -0.25) is 0 Å². The number of esters is 1. The normalized spacial score (nSPS) is 22.2. The lowest BCUT2D eigenvalue weighted by Crippen LogP contribution is -2.13. The Morgan fingerprint density at radius 1 is 1.03 bits per heavy atom. The van der Waals surface area contributed by atoms with Gasteiger partial charge in [-0.2, -0.15) is 0 Å². The monoisotopic (exact) mass is 419 g/mol. The summed E-state index contributed by atoms with van der Waals surface area (Å²) in [5, 5.41) is 0. The number of methoxy groups -OCH3 is 2. The maximum absolute atomic E-state index is 12.4. The molecule has 5 nitrogen and oxygen atoms in total. The molecule has 0 saturated heterocycles. The summed E-state index contributed by atoms with van der Waals surface area (Å²) in [5.74, 6) is 2.67. The molecule has 4 rings (SSSR count). The largest absolute Gasteiger partial charge is 0.497 e. The second kappa shape index (κ2) is 9.38. The van der Waals surface area contributed by atoms with Gasteiger partial charge in [0.25, 0.3) is 0 Å². The minimum absolute atomic E-state index is 0.250. The van der Waals surface area contributed by atoms with Crippen LogP contribution in [0, 0.1) is 5.92 Å². The number of ether oxygens (including phenoxy) is 3. The van der Waals surface area contributed by atoms with Crippen LogP contribution in [-0.2, 0) is 9.53 Å². The molecule has 2 aromatic rings. The first-order valence-corrected chi connectivity index (χ1v) is 11.0. The first-order valence-electron chi connectivity index (χ1n) is 11.0. The zero-order valence-electron chi connectivity index (χ0n) is 18.4. The SMILES string of the molecule is CCC1CCC(c2ccc(C3=NC(=Cc4ccc(OC)cc4OC)C(=O)O3)cc2)CC1. The first kappa shape index (κ1) is 21.2. The lowest BCUT2D eigenvalue weighted by atomic mass is 9.78. The van der Waals surface area contributed by atoms with Gasteiger partial charge in [0.05, 0.1) is 14.2 Å². The molecular formula is C26H29NO4. The van der Waals surface area contributed by atoms with Gasteiger partial charge >= 0.3 is 5.97 Å². The molecule has 1 fully saturated rings. The average Bonchev–Trinajstić information content (AvgIpc) is 3.19. The Hall–Kier alpha value is -3.08. The highest BCUT2D eigenvalue weighted by atomic mass is 16.6. The van der Waals surface area contributed by atoms with Crippen molar-refractivity contribution in [3.8, 4) is 11.5 Å². The molecule has 5 heteroatoms. The lowest BCUT2D eigenvalue weighted by molar-refractivity contribution is -0.129. The second-order valence-electron chi connectivity index (χ2n) is 8.19. The molecular weight excluding hydrogens is 390 g/mol. The Kier molecular flexibility index (Phi) is 6.40. The van der Waals surface area contributed by atoms with Gasteiger partial charge in [-0.05, 0) is 73.4 Å². The predicted molar refractivity (Wildman–Crippen MR) is 122 cm³/mol. The molecule has 2 aromatic carbocycles. The van der Waals surface area contributed by atoms with Gasteiger partial charge in [-0.15, -0.1) is 0 Å². The van der Waals surface area contributed by atoms with Crippen molar-refractivity contribution in [1.82, 2.24) is 0 Å². The minimum atomic E-state index is -0.463. The van der Waals surface area contributed by atoms with E-state index in [2.05, 4.69) is 24.0 Å². The molecule has 0 amide bonds. The van der Waals surface area contributed by atoms with E-state index in [1.54, 1.807) is 26.4 Å². The van der Waals surface area contributed by atoms with Crippen LogP contribution in [-0.4, -0.2) is 26.1 Å². The Balaban J connectivity index is 1.51. The third-order valence-corrected chi connectivity index (χ3v) is 6.41. The van der Waals surface area contributed by atoms with Crippen molar-refractivity contribution in [3.05, 3.63) is 64.9 Å². The van der Waals surface area contributed by atoms with Gasteiger partial charge in [0.1, 0.15) is 11.5 Å². The van der Waals surface area contributed by atoms with Crippen LogP contribution in [0.4, 0.5) is 0 Å². The number of nitrogens with zero attached hydrogens (tertiary/aromatic N) is 1. The number of aliphatic imine (C=N–C) groups is 1. The van der Waals surface area contributed by atoms with Crippen molar-refractivity contribution in [2.24, 2.45) is 10.9 Å². The Labute approximate surface area is 183 Å². The Morgan fingerprint density at radius 2 is 1.77 bits per heavy atom. The van der Waals surface area contributed by atoms with Gasteiger partial charge in [0, 0.05) is 17.2 Å². The van der Waals surface area contributed by atoms with Crippen LogP contribution in [0.15, 0.2) is 53.2 Å². The van der Waals surface area contributed by atoms with Crippen LogP contribution in [0.1, 0.15) is 61.6 Å². The topological polar surface area (TPSA) is 57.1 Å². The summed E-state index contributed by atoms with van der Waals surface area (Å²) in [7, 11) is 3.17. The fourth-order valence-electron chi connectivity index (χ4n) is 4.42. The van der Waals surface area contributed by atoms with E-state index in [1.807, 2.05) is 24.3 Å². The molecule has 0 unspecified atom stereocenters. The van der Waals surface area contributed by atoms with E-state index < -0.39 is 5.97 Å². The molecule has 1 aliphatic heterocycles. The summed E-state index contributed by atoms with van der Waals surface area (Å²) in [5.41, 5.74) is 3.16. The molecule has 1 heterocycles. The highest BCUT2D eigenvalue weighted by molar-refractivity contribution is 6.13. The number of benzene rings is 2. The van der Waals surface area contributed by atoms with E-state index in [0.717, 1.165) is 17.0 Å². The van der Waals surface area contributed by atoms with E-state index in [1.165, 1.54) is 37.7 Å². The predicted octanol–water partition coefficient (Wildman–Crippen LogP) is 5.73. The molecule has 31 heavy (non-hydrogen) atoms. The summed E-state index contributed by atoms with van der Waals surface area (Å²) in [6.45, 7) is 2.29. The number of hydrogen-bond donors (Lipinski definition) is 0. The lowest BCUT2D eigenvalue weighted by Gasteiger charge is -2.28. The summed E-state index contributed by atoms with van der Waals surface area (Å²) >= 11 is 0. The fraction of sp³-hybridized carbons (Fsp3) is 0.385. The zero-order chi connectivity index (χ0) is 21.8. The van der Waals surface area contributed by atoms with Crippen LogP contribution in [0.3, 0.4) is 0 Å². The molecule has 0 atom stereocenters. The van der Waals surface area contributed by atoms with E-state index in [9.17, 15) is 4.79 Å². The third-order valence-electron chi connectivity index (χ3n) is 6.41. The average molecular weight is 420 g/mol. The fourth-order valence-corrected chi connectivity index (χ4v) is 4.42. The smallest absolute Gasteiger partial charge is 0.363 e. The molecule has 1 saturated carbocycles. The molecule has 0 radical (unpaired) electrons. The van der Waals surface area contributed by atoms with Crippen molar-refractivity contribution < 1.29 is 19.0 Å². The van der Waals surface area contributed by atoms with Crippen LogP contribution < -0.4 is 9.47 Å². The number of cyclic esters (lactones) is 1. The highest BCUT2D eigenvalue weighted by Crippen LogP contribution is 2.37. The summed E-state index contributed by atoms with van der Waals surface area (Å²) in [6.07, 6.45) is 8.10. The number of rotatable bonds is 6. The third kappa shape index (κ3) is 4.66. The molecule has 0 spiro atoms. The standard InChI is InChI=1S/C26H29NO4/c1-4-17-5-7-18(8-6-17)19-9-11-20(12-10-19)25-27-23(26(28)31-25)15-21-13-14-22(29-2)16-24(21)30-3/h9-18H,4-8H2,1-3H3. The molecule has 0 aromatic heterocycles. The van der Waals surface area contributed by atoms with Crippen LogP contribution in [0.25, 0.3) is 6.08 Å².